The van der Waals surface area contributed by atoms with Gasteiger partial charge in [0.15, 0.2) is 0 Å². The van der Waals surface area contributed by atoms with Crippen molar-refractivity contribution in [2.75, 3.05) is 0 Å². The van der Waals surface area contributed by atoms with Gasteiger partial charge in [0.05, 0.1) is 0 Å². The van der Waals surface area contributed by atoms with Gasteiger partial charge in [-0.05, 0) is 0 Å². The van der Waals surface area contributed by atoms with Crippen LogP contribution in [0.5, 0.6) is 0 Å². The Morgan fingerprint density at radius 1 is 2.00 bits per heavy atom. The summed E-state index contributed by atoms with van der Waals surface area (Å²) >= 11 is 3.74. The lowest BCUT2D eigenvalue weighted by Gasteiger charge is -1.72. The van der Waals surface area contributed by atoms with Gasteiger partial charge in [0.1, 0.15) is 7.74 Å². The Labute approximate surface area is 32.7 Å². The summed E-state index contributed by atoms with van der Waals surface area (Å²) in [6.07, 6.45) is 0. The standard InChI is InChI=1S/B2H5NS/c1-2(3)4/h4H,1,3H2. The molecule has 4 heavy (non-hydrogen) atoms. The van der Waals surface area contributed by atoms with E-state index in [1.165, 1.54) is 0 Å². The van der Waals surface area contributed by atoms with Crippen molar-refractivity contribution >= 4 is 26.2 Å². The molecule has 1 nitrogen and oxygen atoms in total. The Balaban J connectivity index is 2.32. The summed E-state index contributed by atoms with van der Waals surface area (Å²) in [5.41, 5.74) is 4.98. The van der Waals surface area contributed by atoms with Crippen LogP contribution in [0.3, 0.4) is 0 Å². The number of hydrogen-bond donors (Lipinski definition) is 2. The van der Waals surface area contributed by atoms with Crippen molar-refractivity contribution in [1.29, 1.82) is 0 Å². The predicted molar refractivity (Wildman–Crippen MR) is 27.5 cm³/mol. The summed E-state index contributed by atoms with van der Waals surface area (Å²) in [5, 5.41) is 0. The molecule has 0 aliphatic rings. The minimum atomic E-state index is 0.0278. The van der Waals surface area contributed by atoms with Crippen LogP contribution in [0.1, 0.15) is 0 Å². The van der Waals surface area contributed by atoms with Gasteiger partial charge in [-0.25, -0.2) is 12.5 Å². The third-order valence-electron chi connectivity index (χ3n) is 0. The van der Waals surface area contributed by atoms with Crippen molar-refractivity contribution in [3.05, 3.63) is 0 Å². The molecule has 0 aliphatic carbocycles. The molecule has 0 aromatic rings. The third-order valence-corrected chi connectivity index (χ3v) is 0. The predicted octanol–water partition coefficient (Wildman–Crippen LogP) is -1.51. The average molecular weight is 72.7 g/mol. The molecular weight excluding hydrogens is 67.7 g/mol. The van der Waals surface area contributed by atoms with E-state index in [1.54, 1.807) is 0 Å². The van der Waals surface area contributed by atoms with Crippen molar-refractivity contribution in [2.24, 2.45) is 5.64 Å². The molecule has 0 fully saturated rings. The third kappa shape index (κ3) is 26.1. The van der Waals surface area contributed by atoms with Gasteiger partial charge in [-0.15, -0.1) is 0 Å². The zero-order valence-corrected chi connectivity index (χ0v) is 3.50. The summed E-state index contributed by atoms with van der Waals surface area (Å²) < 4.78 is 0. The molecule has 0 aliphatic heterocycles. The number of nitrogens with two attached hydrogens (primary N) is 1. The van der Waals surface area contributed by atoms with Crippen molar-refractivity contribution < 1.29 is 0 Å². The molecule has 0 radical (unpaired) electrons. The fourth-order valence-electron chi connectivity index (χ4n) is 0. The van der Waals surface area contributed by atoms with Crippen LogP contribution in [0.4, 0.5) is 0 Å². The Hall–Kier alpha value is 0.440. The van der Waals surface area contributed by atoms with E-state index in [-0.39, 0.29) is 6.02 Å². The number of rotatable bonds is 0. The maximum absolute atomic E-state index is 4.98. The van der Waals surface area contributed by atoms with E-state index in [1.807, 2.05) is 7.74 Å². The van der Waals surface area contributed by atoms with Crippen molar-refractivity contribution in [3.63, 3.8) is 0 Å². The van der Waals surface area contributed by atoms with Crippen LogP contribution in [0.15, 0.2) is 0 Å². The van der Waals surface area contributed by atoms with E-state index in [0.29, 0.717) is 0 Å². The lowest BCUT2D eigenvalue weighted by Crippen LogP contribution is -2.17. The smallest absolute Gasteiger partial charge is 0.234 e. The van der Waals surface area contributed by atoms with Crippen molar-refractivity contribution in [3.8, 4) is 0 Å². The van der Waals surface area contributed by atoms with E-state index in [9.17, 15) is 0 Å². The van der Waals surface area contributed by atoms with Gasteiger partial charge in [0, 0.05) is 0 Å². The highest BCUT2D eigenvalue weighted by Gasteiger charge is 1.79. The summed E-state index contributed by atoms with van der Waals surface area (Å²) in [7, 11) is 1.81. The molecule has 0 amide bonds. The fourth-order valence-corrected chi connectivity index (χ4v) is 0. The van der Waals surface area contributed by atoms with Gasteiger partial charge in [-0.2, -0.15) is 0 Å². The molecule has 22 valence electrons. The first-order valence-electron chi connectivity index (χ1n) is 1.17. The van der Waals surface area contributed by atoms with Crippen LogP contribution >= 0.6 is 12.5 Å². The Kier molecular flexibility index (Phi) is 1.92. The Bertz CT molecular complexity index is 10.8. The van der Waals surface area contributed by atoms with E-state index >= 15 is 0 Å². The Morgan fingerprint density at radius 2 is 2.00 bits per heavy atom. The molecule has 2 N–H and O–H groups in total. The first-order valence-corrected chi connectivity index (χ1v) is 1.69. The van der Waals surface area contributed by atoms with Crippen molar-refractivity contribution in [2.45, 2.75) is 0 Å². The highest BCUT2D eigenvalue weighted by Crippen LogP contribution is 1.58. The largest absolute Gasteiger partial charge is 0.367 e. The summed E-state index contributed by atoms with van der Waals surface area (Å²) in [6.45, 7) is 0. The molecule has 4 heteroatoms. The van der Waals surface area contributed by atoms with Crippen LogP contribution in [0, 0.1) is 0 Å². The second-order valence-electron chi connectivity index (χ2n) is 0.741. The number of thiol groups is 1. The summed E-state index contributed by atoms with van der Waals surface area (Å²) in [5.74, 6) is 0. The van der Waals surface area contributed by atoms with Crippen LogP contribution in [0.25, 0.3) is 0 Å². The molecule has 0 aromatic heterocycles. The minimum Gasteiger partial charge on any atom is -0.367 e. The van der Waals surface area contributed by atoms with Gasteiger partial charge >= 0.3 is 0 Å². The fraction of sp³-hybridized carbons (Fsp3) is 0. The van der Waals surface area contributed by atoms with E-state index in [2.05, 4.69) is 12.5 Å². The second-order valence-corrected chi connectivity index (χ2v) is 1.56. The van der Waals surface area contributed by atoms with Crippen LogP contribution < -0.4 is 5.64 Å². The van der Waals surface area contributed by atoms with Crippen LogP contribution in [-0.4, -0.2) is 13.8 Å². The van der Waals surface area contributed by atoms with Gasteiger partial charge in [0.25, 0.3) is 0 Å². The van der Waals surface area contributed by atoms with Crippen LogP contribution in [0.2, 0.25) is 0 Å². The molecule has 0 bridgehead atoms. The lowest BCUT2D eigenvalue weighted by molar-refractivity contribution is 1.96. The van der Waals surface area contributed by atoms with Gasteiger partial charge in [-0.3, -0.25) is 0 Å². The van der Waals surface area contributed by atoms with E-state index in [4.69, 9.17) is 5.64 Å². The first kappa shape index (κ1) is 4.44. The zero-order valence-electron chi connectivity index (χ0n) is 2.60. The lowest BCUT2D eigenvalue weighted by atomic mass is 9.67. The quantitative estimate of drug-likeness (QED) is 0.264. The molecule has 0 spiro atoms. The molecule has 0 aromatic carbocycles. The molecule has 0 saturated heterocycles. The molecule has 0 unspecified atom stereocenters. The minimum absolute atomic E-state index is 0.0278. The normalized spacial score (nSPS) is 6.50. The zero-order chi connectivity index (χ0) is 3.58. The van der Waals surface area contributed by atoms with Crippen LogP contribution in [-0.2, 0) is 0 Å². The van der Waals surface area contributed by atoms with Crippen molar-refractivity contribution in [1.82, 2.24) is 0 Å². The van der Waals surface area contributed by atoms with Gasteiger partial charge in [-0.1, -0.05) is 0 Å². The van der Waals surface area contributed by atoms with Gasteiger partial charge < -0.3 is 5.64 Å². The number of hydrogen-bond acceptors (Lipinski definition) is 2. The van der Waals surface area contributed by atoms with E-state index in [0.717, 1.165) is 0 Å². The maximum Gasteiger partial charge on any atom is 0.234 e. The SMILES string of the molecule is BB(N)S. The van der Waals surface area contributed by atoms with E-state index < -0.39 is 0 Å². The summed E-state index contributed by atoms with van der Waals surface area (Å²) in [4.78, 5) is 0. The maximum atomic E-state index is 4.98. The first-order chi connectivity index (χ1) is 1.73. The monoisotopic (exact) mass is 73.0 g/mol. The highest BCUT2D eigenvalue weighted by atomic mass is 32.1. The molecule has 0 atom stereocenters. The molecule has 0 saturated carbocycles. The Morgan fingerprint density at radius 3 is 2.00 bits per heavy atom. The highest BCUT2D eigenvalue weighted by molar-refractivity contribution is 8.15. The average Bonchev–Trinajstić information content (AvgIpc) is 0.811. The van der Waals surface area contributed by atoms with Gasteiger partial charge in [0.2, 0.25) is 6.02 Å². The summed E-state index contributed by atoms with van der Waals surface area (Å²) in [6, 6.07) is 0.0278. The second kappa shape index (κ2) is 1.73. The topological polar surface area (TPSA) is 26.0 Å². The molecular formula is H5B2NS. The molecule has 0 rings (SSSR count). The molecule has 0 heterocycles.